The zero-order valence-corrected chi connectivity index (χ0v) is 13.7. The predicted octanol–water partition coefficient (Wildman–Crippen LogP) is 1.90. The van der Waals surface area contributed by atoms with Gasteiger partial charge in [0, 0.05) is 13.1 Å². The number of amides is 1. The van der Waals surface area contributed by atoms with E-state index in [0.717, 1.165) is 30.4 Å². The van der Waals surface area contributed by atoms with Crippen molar-refractivity contribution < 1.29 is 22.0 Å². The molecule has 5 nitrogen and oxygen atoms in total. The van der Waals surface area contributed by atoms with Crippen LogP contribution in [0.1, 0.15) is 23.0 Å². The van der Waals surface area contributed by atoms with Crippen molar-refractivity contribution >= 4 is 39.5 Å². The molecule has 0 aliphatic heterocycles. The Balaban J connectivity index is 0.00000400. The van der Waals surface area contributed by atoms with Gasteiger partial charge in [-0.1, -0.05) is 6.92 Å². The van der Waals surface area contributed by atoms with E-state index in [1.165, 1.54) is 5.38 Å². The fourth-order valence-electron chi connectivity index (χ4n) is 1.43. The minimum Gasteiger partial charge on any atom is -0.350 e. The molecule has 0 aromatic carbocycles. The minimum atomic E-state index is -4.75. The number of alkyl halides is 2. The molecule has 0 saturated heterocycles. The Hall–Kier alpha value is -0.770. The van der Waals surface area contributed by atoms with Crippen molar-refractivity contribution in [1.82, 2.24) is 10.6 Å². The third-order valence-corrected chi connectivity index (χ3v) is 4.86. The van der Waals surface area contributed by atoms with Gasteiger partial charge in [-0.15, -0.1) is 23.7 Å². The molecule has 1 amide bonds. The van der Waals surface area contributed by atoms with Crippen LogP contribution in [0.5, 0.6) is 0 Å². The zero-order chi connectivity index (χ0) is 15.2. The van der Waals surface area contributed by atoms with Crippen LogP contribution < -0.4 is 10.6 Å². The molecule has 21 heavy (non-hydrogen) atoms. The lowest BCUT2D eigenvalue weighted by Gasteiger charge is -2.07. The SMILES string of the molecule is CCCNCCNC(=O)c1sccc1S(=O)(=O)C(F)F.Cl. The summed E-state index contributed by atoms with van der Waals surface area (Å²) in [6.07, 6.45) is 0.954. The van der Waals surface area contributed by atoms with Crippen LogP contribution in [0.2, 0.25) is 0 Å². The molecule has 1 aromatic heterocycles. The van der Waals surface area contributed by atoms with Crippen molar-refractivity contribution in [1.29, 1.82) is 0 Å². The highest BCUT2D eigenvalue weighted by Crippen LogP contribution is 2.26. The number of nitrogens with one attached hydrogen (secondary N) is 2. The van der Waals surface area contributed by atoms with Gasteiger partial charge in [-0.2, -0.15) is 8.78 Å². The lowest BCUT2D eigenvalue weighted by molar-refractivity contribution is 0.0955. The van der Waals surface area contributed by atoms with Gasteiger partial charge in [0.1, 0.15) is 4.88 Å². The summed E-state index contributed by atoms with van der Waals surface area (Å²) in [6.45, 7) is 3.63. The summed E-state index contributed by atoms with van der Waals surface area (Å²) in [5, 5.41) is 6.85. The highest BCUT2D eigenvalue weighted by atomic mass is 35.5. The molecule has 1 aromatic rings. The smallest absolute Gasteiger partial charge is 0.341 e. The number of carbonyl (C=O) groups excluding carboxylic acids is 1. The summed E-state index contributed by atoms with van der Waals surface area (Å²) in [7, 11) is -4.75. The lowest BCUT2D eigenvalue weighted by atomic mass is 10.4. The lowest BCUT2D eigenvalue weighted by Crippen LogP contribution is -2.32. The van der Waals surface area contributed by atoms with Gasteiger partial charge in [-0.05, 0) is 24.4 Å². The Morgan fingerprint density at radius 2 is 2.00 bits per heavy atom. The van der Waals surface area contributed by atoms with Crippen molar-refractivity contribution in [2.75, 3.05) is 19.6 Å². The van der Waals surface area contributed by atoms with Gasteiger partial charge in [0.05, 0.1) is 4.90 Å². The van der Waals surface area contributed by atoms with E-state index in [4.69, 9.17) is 0 Å². The number of hydrogen-bond acceptors (Lipinski definition) is 5. The topological polar surface area (TPSA) is 75.3 Å². The maximum absolute atomic E-state index is 12.5. The van der Waals surface area contributed by atoms with Gasteiger partial charge in [0.25, 0.3) is 5.91 Å². The summed E-state index contributed by atoms with van der Waals surface area (Å²) >= 11 is 0.825. The fraction of sp³-hybridized carbons (Fsp3) is 0.545. The van der Waals surface area contributed by atoms with E-state index in [1.54, 1.807) is 0 Å². The molecule has 0 aliphatic carbocycles. The highest BCUT2D eigenvalue weighted by Gasteiger charge is 2.31. The van der Waals surface area contributed by atoms with Crippen LogP contribution in [0.4, 0.5) is 8.78 Å². The molecule has 10 heteroatoms. The number of carbonyl (C=O) groups is 1. The van der Waals surface area contributed by atoms with Crippen LogP contribution in [0.25, 0.3) is 0 Å². The maximum Gasteiger partial charge on any atom is 0.341 e. The van der Waals surface area contributed by atoms with E-state index in [9.17, 15) is 22.0 Å². The largest absolute Gasteiger partial charge is 0.350 e. The third kappa shape index (κ3) is 5.50. The van der Waals surface area contributed by atoms with Crippen molar-refractivity contribution in [3.8, 4) is 0 Å². The van der Waals surface area contributed by atoms with Crippen molar-refractivity contribution in [2.24, 2.45) is 0 Å². The van der Waals surface area contributed by atoms with Crippen molar-refractivity contribution in [2.45, 2.75) is 24.0 Å². The van der Waals surface area contributed by atoms with Crippen molar-refractivity contribution in [3.63, 3.8) is 0 Å². The number of thiophene rings is 1. The summed E-state index contributed by atoms with van der Waals surface area (Å²) in [6, 6.07) is 1.02. The molecular formula is C11H17ClF2N2O3S2. The molecule has 0 unspecified atom stereocenters. The number of hydrogen-bond donors (Lipinski definition) is 2. The quantitative estimate of drug-likeness (QED) is 0.692. The molecular weight excluding hydrogens is 346 g/mol. The van der Waals surface area contributed by atoms with Crippen LogP contribution in [0.3, 0.4) is 0 Å². The first-order valence-electron chi connectivity index (χ1n) is 5.99. The average molecular weight is 363 g/mol. The molecule has 0 atom stereocenters. The van der Waals surface area contributed by atoms with E-state index in [0.29, 0.717) is 13.1 Å². The van der Waals surface area contributed by atoms with Gasteiger partial charge >= 0.3 is 5.76 Å². The molecule has 0 fully saturated rings. The third-order valence-electron chi connectivity index (χ3n) is 2.39. The molecule has 1 heterocycles. The molecule has 1 rings (SSSR count). The Kier molecular flexibility index (Phi) is 8.95. The van der Waals surface area contributed by atoms with E-state index < -0.39 is 26.4 Å². The summed E-state index contributed by atoms with van der Waals surface area (Å²) in [5.41, 5.74) is 0. The predicted molar refractivity (Wildman–Crippen MR) is 80.3 cm³/mol. The summed E-state index contributed by atoms with van der Waals surface area (Å²) in [5.74, 6) is -4.19. The Morgan fingerprint density at radius 3 is 2.57 bits per heavy atom. The molecule has 0 spiro atoms. The first-order valence-corrected chi connectivity index (χ1v) is 8.42. The van der Waals surface area contributed by atoms with E-state index >= 15 is 0 Å². The van der Waals surface area contributed by atoms with E-state index in [2.05, 4.69) is 10.6 Å². The Morgan fingerprint density at radius 1 is 1.33 bits per heavy atom. The molecule has 0 aliphatic rings. The standard InChI is InChI=1S/C11H16F2N2O3S2.ClH/c1-2-4-14-5-6-15-10(16)9-8(3-7-19-9)20(17,18)11(12)13;/h3,7,11,14H,2,4-6H2,1H3,(H,15,16);1H. The summed E-state index contributed by atoms with van der Waals surface area (Å²) < 4.78 is 47.8. The Labute approximate surface area is 132 Å². The zero-order valence-electron chi connectivity index (χ0n) is 11.3. The number of sulfone groups is 1. The number of halogens is 3. The minimum absolute atomic E-state index is 0. The molecule has 0 bridgehead atoms. The average Bonchev–Trinajstić information content (AvgIpc) is 2.88. The van der Waals surface area contributed by atoms with Gasteiger partial charge < -0.3 is 10.6 Å². The van der Waals surface area contributed by atoms with Crippen LogP contribution >= 0.6 is 23.7 Å². The van der Waals surface area contributed by atoms with Gasteiger partial charge in [-0.25, -0.2) is 8.42 Å². The van der Waals surface area contributed by atoms with Crippen LogP contribution in [0.15, 0.2) is 16.3 Å². The molecule has 0 radical (unpaired) electrons. The summed E-state index contributed by atoms with van der Waals surface area (Å²) in [4.78, 5) is 11.0. The van der Waals surface area contributed by atoms with Crippen LogP contribution in [-0.2, 0) is 9.84 Å². The molecule has 122 valence electrons. The van der Waals surface area contributed by atoms with E-state index in [1.807, 2.05) is 6.92 Å². The number of rotatable bonds is 8. The van der Waals surface area contributed by atoms with Crippen molar-refractivity contribution in [3.05, 3.63) is 16.3 Å². The second-order valence-corrected chi connectivity index (χ2v) is 6.73. The van der Waals surface area contributed by atoms with Crippen LogP contribution in [-0.4, -0.2) is 39.7 Å². The monoisotopic (exact) mass is 362 g/mol. The second kappa shape index (κ2) is 9.29. The second-order valence-electron chi connectivity index (χ2n) is 3.93. The first kappa shape index (κ1) is 20.2. The van der Waals surface area contributed by atoms with Crippen LogP contribution in [0, 0.1) is 0 Å². The molecule has 2 N–H and O–H groups in total. The van der Waals surface area contributed by atoms with Gasteiger partial charge in [-0.3, -0.25) is 4.79 Å². The van der Waals surface area contributed by atoms with Gasteiger partial charge in [0.15, 0.2) is 0 Å². The highest BCUT2D eigenvalue weighted by molar-refractivity contribution is 7.92. The van der Waals surface area contributed by atoms with E-state index in [-0.39, 0.29) is 17.3 Å². The Bertz CT molecular complexity index is 549. The molecule has 0 saturated carbocycles. The normalized spacial score (nSPS) is 11.2. The van der Waals surface area contributed by atoms with Gasteiger partial charge in [0.2, 0.25) is 9.84 Å². The first-order chi connectivity index (χ1) is 9.41. The fourth-order valence-corrected chi connectivity index (χ4v) is 3.51. The maximum atomic E-state index is 12.5.